The van der Waals surface area contributed by atoms with Gasteiger partial charge in [-0.1, -0.05) is 89.9 Å². The van der Waals surface area contributed by atoms with Gasteiger partial charge in [0.2, 0.25) is 5.91 Å². The fourth-order valence-corrected chi connectivity index (χ4v) is 4.93. The van der Waals surface area contributed by atoms with Crippen LogP contribution in [0.3, 0.4) is 0 Å². The van der Waals surface area contributed by atoms with E-state index in [-0.39, 0.29) is 11.8 Å². The Hall–Kier alpha value is -2.33. The number of nitrogens with one attached hydrogen (secondary N) is 1. The van der Waals surface area contributed by atoms with E-state index in [1.165, 1.54) is 11.1 Å². The number of carbonyl (C=O) groups excluding carboxylic acids is 1. The zero-order valence-electron chi connectivity index (χ0n) is 18.7. The van der Waals surface area contributed by atoms with Crippen molar-refractivity contribution in [1.29, 1.82) is 0 Å². The molecule has 0 aromatic heterocycles. The minimum Gasteiger partial charge on any atom is -0.352 e. The molecular formula is C28H30Cl2N2O. The number of nitrogens with zero attached hydrogens (tertiary/aromatic N) is 1. The summed E-state index contributed by atoms with van der Waals surface area (Å²) in [5.74, 6) is 0.592. The summed E-state index contributed by atoms with van der Waals surface area (Å²) in [4.78, 5) is 15.2. The maximum absolute atomic E-state index is 12.7. The molecular weight excluding hydrogens is 451 g/mol. The standard InChI is InChI=1S/C28H30Cl2N2O/c29-26-12-11-21(19-27(26)30)20-31-28(33)24-13-16-32(17-14-24)18-15-25(22-7-3-1-4-8-22)23-9-5-2-6-10-23/h1-12,19,24-25H,13-18,20H2,(H,31,33). The molecule has 4 rings (SSSR count). The Morgan fingerprint density at radius 1 is 0.879 bits per heavy atom. The number of hydrogen-bond donors (Lipinski definition) is 1. The monoisotopic (exact) mass is 480 g/mol. The van der Waals surface area contributed by atoms with Gasteiger partial charge in [0.1, 0.15) is 0 Å². The highest BCUT2D eigenvalue weighted by atomic mass is 35.5. The number of benzene rings is 3. The number of piperidine rings is 1. The second kappa shape index (κ2) is 11.7. The van der Waals surface area contributed by atoms with E-state index < -0.39 is 0 Å². The van der Waals surface area contributed by atoms with Gasteiger partial charge in [0.25, 0.3) is 0 Å². The Morgan fingerprint density at radius 2 is 1.48 bits per heavy atom. The highest BCUT2D eigenvalue weighted by Gasteiger charge is 2.25. The number of halogens is 2. The van der Waals surface area contributed by atoms with E-state index in [1.807, 2.05) is 12.1 Å². The first-order valence-electron chi connectivity index (χ1n) is 11.6. The smallest absolute Gasteiger partial charge is 0.223 e. The molecule has 1 saturated heterocycles. The van der Waals surface area contributed by atoms with Crippen LogP contribution in [0, 0.1) is 5.92 Å². The zero-order valence-corrected chi connectivity index (χ0v) is 20.2. The summed E-state index contributed by atoms with van der Waals surface area (Å²) in [5, 5.41) is 4.11. The lowest BCUT2D eigenvalue weighted by Crippen LogP contribution is -2.40. The van der Waals surface area contributed by atoms with Gasteiger partial charge in [-0.05, 0) is 67.7 Å². The van der Waals surface area contributed by atoms with E-state index in [0.29, 0.717) is 22.5 Å². The number of carbonyl (C=O) groups is 1. The minimum atomic E-state index is 0.0723. The zero-order chi connectivity index (χ0) is 23.0. The first kappa shape index (κ1) is 23.8. The molecule has 0 atom stereocenters. The van der Waals surface area contributed by atoms with Crippen LogP contribution in [0.25, 0.3) is 0 Å². The SMILES string of the molecule is O=C(NCc1ccc(Cl)c(Cl)c1)C1CCN(CCC(c2ccccc2)c2ccccc2)CC1. The molecule has 1 aliphatic heterocycles. The van der Waals surface area contributed by atoms with Gasteiger partial charge < -0.3 is 10.2 Å². The summed E-state index contributed by atoms with van der Waals surface area (Å²) in [6.45, 7) is 3.43. The minimum absolute atomic E-state index is 0.0723. The molecule has 3 aromatic carbocycles. The molecule has 172 valence electrons. The van der Waals surface area contributed by atoms with Crippen LogP contribution in [-0.2, 0) is 11.3 Å². The third-order valence-electron chi connectivity index (χ3n) is 6.55. The van der Waals surface area contributed by atoms with E-state index in [1.54, 1.807) is 6.07 Å². The summed E-state index contributed by atoms with van der Waals surface area (Å²) in [7, 11) is 0. The Labute approximate surface area is 206 Å². The van der Waals surface area contributed by atoms with Crippen molar-refractivity contribution in [1.82, 2.24) is 10.2 Å². The van der Waals surface area contributed by atoms with Crippen molar-refractivity contribution in [3.05, 3.63) is 106 Å². The molecule has 1 aliphatic rings. The molecule has 0 unspecified atom stereocenters. The van der Waals surface area contributed by atoms with E-state index in [2.05, 4.69) is 70.9 Å². The highest BCUT2D eigenvalue weighted by Crippen LogP contribution is 2.29. The molecule has 1 heterocycles. The lowest BCUT2D eigenvalue weighted by atomic mass is 9.88. The quantitative estimate of drug-likeness (QED) is 0.396. The molecule has 0 spiro atoms. The van der Waals surface area contributed by atoms with Crippen LogP contribution in [-0.4, -0.2) is 30.4 Å². The summed E-state index contributed by atoms with van der Waals surface area (Å²) >= 11 is 12.0. The summed E-state index contributed by atoms with van der Waals surface area (Å²) in [5.41, 5.74) is 3.68. The van der Waals surface area contributed by atoms with Crippen molar-refractivity contribution in [3.8, 4) is 0 Å². The molecule has 1 fully saturated rings. The maximum Gasteiger partial charge on any atom is 0.223 e. The Bertz CT molecular complexity index is 995. The van der Waals surface area contributed by atoms with Crippen molar-refractivity contribution >= 4 is 29.1 Å². The summed E-state index contributed by atoms with van der Waals surface area (Å²) < 4.78 is 0. The Kier molecular flexibility index (Phi) is 8.44. The van der Waals surface area contributed by atoms with Crippen LogP contribution in [0.5, 0.6) is 0 Å². The molecule has 3 aromatic rings. The third kappa shape index (κ3) is 6.60. The number of amides is 1. The van der Waals surface area contributed by atoms with Crippen molar-refractivity contribution in [2.75, 3.05) is 19.6 Å². The Balaban J connectivity index is 1.27. The lowest BCUT2D eigenvalue weighted by Gasteiger charge is -2.32. The number of rotatable bonds is 8. The second-order valence-corrected chi connectivity index (χ2v) is 9.56. The molecule has 0 bridgehead atoms. The lowest BCUT2D eigenvalue weighted by molar-refractivity contribution is -0.126. The predicted molar refractivity (Wildman–Crippen MR) is 137 cm³/mol. The van der Waals surface area contributed by atoms with Gasteiger partial charge in [-0.15, -0.1) is 0 Å². The van der Waals surface area contributed by atoms with Gasteiger partial charge in [-0.3, -0.25) is 4.79 Å². The Morgan fingerprint density at radius 3 is 2.06 bits per heavy atom. The molecule has 0 aliphatic carbocycles. The highest BCUT2D eigenvalue weighted by molar-refractivity contribution is 6.42. The molecule has 1 N–H and O–H groups in total. The average Bonchev–Trinajstić information content (AvgIpc) is 2.86. The predicted octanol–water partition coefficient (Wildman–Crippen LogP) is 6.54. The molecule has 3 nitrogen and oxygen atoms in total. The van der Waals surface area contributed by atoms with Crippen LogP contribution in [0.2, 0.25) is 10.0 Å². The van der Waals surface area contributed by atoms with E-state index in [4.69, 9.17) is 23.2 Å². The second-order valence-electron chi connectivity index (χ2n) is 8.74. The van der Waals surface area contributed by atoms with Crippen LogP contribution in [0.15, 0.2) is 78.9 Å². The molecule has 0 saturated carbocycles. The van der Waals surface area contributed by atoms with Crippen molar-refractivity contribution in [3.63, 3.8) is 0 Å². The van der Waals surface area contributed by atoms with Gasteiger partial charge in [0.15, 0.2) is 0 Å². The van der Waals surface area contributed by atoms with Crippen molar-refractivity contribution < 1.29 is 4.79 Å². The van der Waals surface area contributed by atoms with E-state index in [0.717, 1.165) is 44.5 Å². The molecule has 5 heteroatoms. The van der Waals surface area contributed by atoms with E-state index >= 15 is 0 Å². The topological polar surface area (TPSA) is 32.3 Å². The average molecular weight is 481 g/mol. The van der Waals surface area contributed by atoms with Gasteiger partial charge in [-0.2, -0.15) is 0 Å². The number of hydrogen-bond acceptors (Lipinski definition) is 2. The molecule has 33 heavy (non-hydrogen) atoms. The van der Waals surface area contributed by atoms with Crippen LogP contribution in [0.4, 0.5) is 0 Å². The van der Waals surface area contributed by atoms with E-state index in [9.17, 15) is 4.79 Å². The van der Waals surface area contributed by atoms with Crippen molar-refractivity contribution in [2.45, 2.75) is 31.7 Å². The van der Waals surface area contributed by atoms with Crippen LogP contribution in [0.1, 0.15) is 41.9 Å². The fourth-order valence-electron chi connectivity index (χ4n) is 4.61. The van der Waals surface area contributed by atoms with Crippen LogP contribution < -0.4 is 5.32 Å². The van der Waals surface area contributed by atoms with Gasteiger partial charge in [-0.25, -0.2) is 0 Å². The third-order valence-corrected chi connectivity index (χ3v) is 7.29. The van der Waals surface area contributed by atoms with Crippen molar-refractivity contribution in [2.24, 2.45) is 5.92 Å². The molecule has 1 amide bonds. The normalized spacial score (nSPS) is 15.0. The number of likely N-dealkylation sites (tertiary alicyclic amines) is 1. The first-order chi connectivity index (χ1) is 16.1. The maximum atomic E-state index is 12.7. The molecule has 0 radical (unpaired) electrons. The van der Waals surface area contributed by atoms with Gasteiger partial charge >= 0.3 is 0 Å². The largest absolute Gasteiger partial charge is 0.352 e. The first-order valence-corrected chi connectivity index (χ1v) is 12.4. The van der Waals surface area contributed by atoms with Gasteiger partial charge in [0, 0.05) is 18.4 Å². The van der Waals surface area contributed by atoms with Gasteiger partial charge in [0.05, 0.1) is 10.0 Å². The summed E-state index contributed by atoms with van der Waals surface area (Å²) in [6, 6.07) is 27.0. The summed E-state index contributed by atoms with van der Waals surface area (Å²) in [6.07, 6.45) is 2.87. The van der Waals surface area contributed by atoms with Crippen LogP contribution >= 0.6 is 23.2 Å². The fraction of sp³-hybridized carbons (Fsp3) is 0.321.